The predicted molar refractivity (Wildman–Crippen MR) is 89.5 cm³/mol. The first-order valence-corrected chi connectivity index (χ1v) is 8.64. The molecule has 140 valence electrons. The molecule has 7 heteroatoms. The maximum absolute atomic E-state index is 12.1. The number of hydrogen-bond donors (Lipinski definition) is 2. The van der Waals surface area contributed by atoms with Crippen molar-refractivity contribution in [1.82, 2.24) is 5.32 Å². The van der Waals surface area contributed by atoms with Gasteiger partial charge in [-0.15, -0.1) is 0 Å². The maximum atomic E-state index is 12.1. The topological polar surface area (TPSA) is 102 Å². The van der Waals surface area contributed by atoms with E-state index in [9.17, 15) is 19.5 Å². The van der Waals surface area contributed by atoms with Gasteiger partial charge in [0, 0.05) is 24.8 Å². The van der Waals surface area contributed by atoms with E-state index in [0.29, 0.717) is 5.92 Å². The number of carbonyl (C=O) groups excluding carboxylic acids is 2. The molecule has 0 saturated heterocycles. The number of aliphatic carboxylic acids is 1. The summed E-state index contributed by atoms with van der Waals surface area (Å²) in [5.74, 6) is -0.926. The summed E-state index contributed by atoms with van der Waals surface area (Å²) in [6.45, 7) is 7.08. The summed E-state index contributed by atoms with van der Waals surface area (Å²) in [4.78, 5) is 34.5. The van der Waals surface area contributed by atoms with Crippen molar-refractivity contribution in [2.24, 2.45) is 23.2 Å². The molecule has 0 aromatic carbocycles. The number of rotatable bonds is 7. The molecule has 7 nitrogen and oxygen atoms in total. The van der Waals surface area contributed by atoms with Crippen LogP contribution in [0.5, 0.6) is 0 Å². The van der Waals surface area contributed by atoms with Gasteiger partial charge in [-0.2, -0.15) is 0 Å². The van der Waals surface area contributed by atoms with E-state index in [0.717, 1.165) is 12.8 Å². The largest absolute Gasteiger partial charge is 0.481 e. The summed E-state index contributed by atoms with van der Waals surface area (Å²) < 4.78 is 10.1. The van der Waals surface area contributed by atoms with E-state index >= 15 is 0 Å². The van der Waals surface area contributed by atoms with E-state index < -0.39 is 29.7 Å². The Morgan fingerprint density at radius 3 is 2.56 bits per heavy atom. The van der Waals surface area contributed by atoms with Crippen molar-refractivity contribution in [3.05, 3.63) is 11.6 Å². The molecule has 1 saturated carbocycles. The van der Waals surface area contributed by atoms with E-state index in [1.165, 1.54) is 12.5 Å². The summed E-state index contributed by atoms with van der Waals surface area (Å²) in [7, 11) is 0. The summed E-state index contributed by atoms with van der Waals surface area (Å²) >= 11 is 0. The lowest BCUT2D eigenvalue weighted by molar-refractivity contribution is -0.172. The quantitative estimate of drug-likeness (QED) is 0.414. The summed E-state index contributed by atoms with van der Waals surface area (Å²) in [6, 6.07) is 0. The molecule has 4 atom stereocenters. The highest BCUT2D eigenvalue weighted by atomic mass is 16.7. The zero-order valence-corrected chi connectivity index (χ0v) is 15.2. The second-order valence-electron chi connectivity index (χ2n) is 7.62. The smallest absolute Gasteiger partial charge is 0.410 e. The Balaban J connectivity index is 1.95. The fourth-order valence-corrected chi connectivity index (χ4v) is 4.02. The number of alkyl carbamates (subject to hydrolysis) is 1. The number of fused-ring (bicyclic) bond motifs is 1. The molecular formula is C18H27NO6. The molecule has 0 heterocycles. The van der Waals surface area contributed by atoms with Crippen LogP contribution >= 0.6 is 0 Å². The fraction of sp³-hybridized carbons (Fsp3) is 0.722. The van der Waals surface area contributed by atoms with Gasteiger partial charge >= 0.3 is 18.0 Å². The molecule has 1 fully saturated rings. The van der Waals surface area contributed by atoms with Gasteiger partial charge in [0.25, 0.3) is 6.29 Å². The average molecular weight is 353 g/mol. The highest BCUT2D eigenvalue weighted by molar-refractivity contribution is 5.70. The van der Waals surface area contributed by atoms with Crippen molar-refractivity contribution < 1.29 is 29.0 Å². The Hall–Kier alpha value is -2.05. The van der Waals surface area contributed by atoms with Crippen LogP contribution in [0.4, 0.5) is 4.79 Å². The zero-order chi connectivity index (χ0) is 18.8. The summed E-state index contributed by atoms with van der Waals surface area (Å²) in [6.07, 6.45) is 2.26. The lowest BCUT2D eigenvalue weighted by Gasteiger charge is -2.51. The molecule has 2 N–H and O–H groups in total. The molecule has 25 heavy (non-hydrogen) atoms. The minimum absolute atomic E-state index is 0.00970. The van der Waals surface area contributed by atoms with E-state index in [4.69, 9.17) is 9.47 Å². The lowest BCUT2D eigenvalue weighted by Crippen LogP contribution is -2.53. The molecule has 1 amide bonds. The second kappa shape index (κ2) is 7.45. The number of allylic oxidation sites excluding steroid dienone is 2. The molecule has 0 aromatic rings. The van der Waals surface area contributed by atoms with Crippen LogP contribution in [0.2, 0.25) is 0 Å². The Kier molecular flexibility index (Phi) is 5.75. The van der Waals surface area contributed by atoms with E-state index in [1.54, 1.807) is 13.8 Å². The van der Waals surface area contributed by atoms with Crippen molar-refractivity contribution in [1.29, 1.82) is 0 Å². The number of ether oxygens (including phenoxy) is 2. The van der Waals surface area contributed by atoms with Crippen LogP contribution in [0, 0.1) is 23.2 Å². The van der Waals surface area contributed by atoms with Crippen molar-refractivity contribution in [3.63, 3.8) is 0 Å². The van der Waals surface area contributed by atoms with Crippen LogP contribution in [-0.4, -0.2) is 36.0 Å². The third-order valence-electron chi connectivity index (χ3n) is 5.07. The third kappa shape index (κ3) is 4.52. The van der Waals surface area contributed by atoms with Gasteiger partial charge in [-0.25, -0.2) is 4.79 Å². The zero-order valence-electron chi connectivity index (χ0n) is 15.2. The first-order chi connectivity index (χ1) is 11.6. The van der Waals surface area contributed by atoms with Gasteiger partial charge in [0.2, 0.25) is 0 Å². The van der Waals surface area contributed by atoms with Crippen LogP contribution in [0.1, 0.15) is 47.0 Å². The van der Waals surface area contributed by atoms with Crippen LogP contribution in [0.25, 0.3) is 0 Å². The Bertz CT molecular complexity index is 584. The molecule has 0 aliphatic heterocycles. The highest BCUT2D eigenvalue weighted by Crippen LogP contribution is 2.59. The average Bonchev–Trinajstić information content (AvgIpc) is 2.78. The summed E-state index contributed by atoms with van der Waals surface area (Å²) in [5, 5.41) is 11.9. The van der Waals surface area contributed by atoms with Crippen molar-refractivity contribution in [2.45, 2.75) is 53.2 Å². The number of nitrogens with one attached hydrogen (secondary N) is 1. The Labute approximate surface area is 147 Å². The van der Waals surface area contributed by atoms with Crippen LogP contribution in [-0.2, 0) is 19.1 Å². The highest BCUT2D eigenvalue weighted by Gasteiger charge is 2.55. The minimum Gasteiger partial charge on any atom is -0.481 e. The standard InChI is InChI=1S/C18H27NO6/c1-10(2)16(24-12(4)20)25-17(23)19-9-18(8-15(21)22)7-13-5-11(3)6-14(13)18/h6,10,13-14,16H,5,7-9H2,1-4H3,(H,19,23)(H,21,22)/t13-,14-,16+,18-/m0/s1. The first-order valence-electron chi connectivity index (χ1n) is 8.64. The molecule has 0 unspecified atom stereocenters. The molecular weight excluding hydrogens is 326 g/mol. The minimum atomic E-state index is -0.962. The predicted octanol–water partition coefficient (Wildman–Crippen LogP) is 2.71. The van der Waals surface area contributed by atoms with Gasteiger partial charge < -0.3 is 19.9 Å². The summed E-state index contributed by atoms with van der Waals surface area (Å²) in [5.41, 5.74) is 0.807. The normalized spacial score (nSPS) is 28.4. The first kappa shape index (κ1) is 19.3. The Morgan fingerprint density at radius 1 is 1.36 bits per heavy atom. The third-order valence-corrected chi connectivity index (χ3v) is 5.07. The van der Waals surface area contributed by atoms with Gasteiger partial charge in [0.1, 0.15) is 0 Å². The number of carbonyl (C=O) groups is 3. The molecule has 0 radical (unpaired) electrons. The number of hydrogen-bond acceptors (Lipinski definition) is 5. The lowest BCUT2D eigenvalue weighted by atomic mass is 9.53. The van der Waals surface area contributed by atoms with Gasteiger partial charge in [-0.3, -0.25) is 9.59 Å². The monoisotopic (exact) mass is 353 g/mol. The number of carboxylic acid groups (broad SMARTS) is 1. The fourth-order valence-electron chi connectivity index (χ4n) is 4.02. The van der Waals surface area contributed by atoms with Crippen LogP contribution in [0.3, 0.4) is 0 Å². The molecule has 2 rings (SSSR count). The van der Waals surface area contributed by atoms with Crippen LogP contribution in [0.15, 0.2) is 11.6 Å². The van der Waals surface area contributed by atoms with E-state index in [-0.39, 0.29) is 24.8 Å². The second-order valence-corrected chi connectivity index (χ2v) is 7.62. The van der Waals surface area contributed by atoms with Crippen molar-refractivity contribution in [2.75, 3.05) is 6.54 Å². The number of esters is 1. The van der Waals surface area contributed by atoms with Crippen LogP contribution < -0.4 is 5.32 Å². The van der Waals surface area contributed by atoms with Gasteiger partial charge in [-0.05, 0) is 31.6 Å². The Morgan fingerprint density at radius 2 is 2.04 bits per heavy atom. The van der Waals surface area contributed by atoms with Crippen molar-refractivity contribution in [3.8, 4) is 0 Å². The van der Waals surface area contributed by atoms with Gasteiger partial charge in [0.05, 0.1) is 6.42 Å². The number of amides is 1. The SMILES string of the molecule is CC(=O)O[C@H](OC(=O)NC[C@@]1(CC(=O)O)C[C@@H]2CC(C)=C[C@@H]21)C(C)C. The van der Waals surface area contributed by atoms with Gasteiger partial charge in [0.15, 0.2) is 0 Å². The maximum Gasteiger partial charge on any atom is 0.410 e. The number of carboxylic acids is 1. The van der Waals surface area contributed by atoms with Crippen molar-refractivity contribution >= 4 is 18.0 Å². The molecule has 0 aromatic heterocycles. The molecule has 0 spiro atoms. The molecule has 2 aliphatic carbocycles. The van der Waals surface area contributed by atoms with E-state index in [2.05, 4.69) is 18.3 Å². The molecule has 0 bridgehead atoms. The van der Waals surface area contributed by atoms with E-state index in [1.807, 2.05) is 0 Å². The van der Waals surface area contributed by atoms with Gasteiger partial charge in [-0.1, -0.05) is 25.5 Å². The molecule has 2 aliphatic rings.